The van der Waals surface area contributed by atoms with Crippen molar-refractivity contribution in [3.05, 3.63) is 35.9 Å². The minimum atomic E-state index is 0.790. The van der Waals surface area contributed by atoms with Crippen LogP contribution in [0.3, 0.4) is 0 Å². The van der Waals surface area contributed by atoms with E-state index < -0.39 is 0 Å². The zero-order chi connectivity index (χ0) is 10.1. The molecule has 1 N–H and O–H groups in total. The third-order valence-electron chi connectivity index (χ3n) is 2.16. The van der Waals surface area contributed by atoms with Crippen molar-refractivity contribution >= 4 is 11.6 Å². The number of nitrogens with one attached hydrogen (secondary N) is 1. The van der Waals surface area contributed by atoms with E-state index in [1.165, 1.54) is 18.4 Å². The maximum absolute atomic E-state index is 5.59. The average Bonchev–Trinajstić information content (AvgIpc) is 2.25. The number of unbranched alkanes of at least 4 members (excludes halogenated alkanes) is 2. The van der Waals surface area contributed by atoms with Crippen molar-refractivity contribution < 1.29 is 0 Å². The molecule has 0 atom stereocenters. The fourth-order valence-corrected chi connectivity index (χ4v) is 1.54. The SMILES string of the molecule is ClCCCCCNCc1ccccc1. The molecule has 0 aliphatic carbocycles. The number of benzene rings is 1. The van der Waals surface area contributed by atoms with Crippen LogP contribution in [-0.2, 0) is 6.54 Å². The van der Waals surface area contributed by atoms with Crippen LogP contribution in [0.15, 0.2) is 30.3 Å². The highest BCUT2D eigenvalue weighted by Gasteiger charge is 1.90. The molecule has 0 aliphatic rings. The summed E-state index contributed by atoms with van der Waals surface area (Å²) in [4.78, 5) is 0. The molecule has 0 saturated carbocycles. The van der Waals surface area contributed by atoms with Gasteiger partial charge in [-0.3, -0.25) is 0 Å². The highest BCUT2D eigenvalue weighted by Crippen LogP contribution is 1.98. The Morgan fingerprint density at radius 2 is 1.79 bits per heavy atom. The van der Waals surface area contributed by atoms with Crippen molar-refractivity contribution in [1.82, 2.24) is 5.32 Å². The van der Waals surface area contributed by atoms with Crippen LogP contribution in [0.1, 0.15) is 24.8 Å². The van der Waals surface area contributed by atoms with E-state index in [-0.39, 0.29) is 0 Å². The first kappa shape index (κ1) is 11.5. The average molecular weight is 212 g/mol. The largest absolute Gasteiger partial charge is 0.313 e. The number of alkyl halides is 1. The normalized spacial score (nSPS) is 10.4. The van der Waals surface area contributed by atoms with Gasteiger partial charge in [0.1, 0.15) is 0 Å². The van der Waals surface area contributed by atoms with Gasteiger partial charge in [0.05, 0.1) is 0 Å². The van der Waals surface area contributed by atoms with Gasteiger partial charge in [-0.2, -0.15) is 0 Å². The Labute approximate surface area is 91.5 Å². The predicted molar refractivity (Wildman–Crippen MR) is 62.7 cm³/mol. The van der Waals surface area contributed by atoms with Crippen LogP contribution in [0.2, 0.25) is 0 Å². The summed E-state index contributed by atoms with van der Waals surface area (Å²) in [6.45, 7) is 2.06. The summed E-state index contributed by atoms with van der Waals surface area (Å²) in [7, 11) is 0. The molecule has 1 aromatic rings. The van der Waals surface area contributed by atoms with Gasteiger partial charge in [-0.15, -0.1) is 11.6 Å². The van der Waals surface area contributed by atoms with Crippen molar-refractivity contribution in [2.24, 2.45) is 0 Å². The van der Waals surface area contributed by atoms with Gasteiger partial charge in [0.2, 0.25) is 0 Å². The van der Waals surface area contributed by atoms with E-state index in [2.05, 4.69) is 29.6 Å². The number of hydrogen-bond donors (Lipinski definition) is 1. The molecule has 0 fully saturated rings. The van der Waals surface area contributed by atoms with E-state index in [9.17, 15) is 0 Å². The fourth-order valence-electron chi connectivity index (χ4n) is 1.35. The summed E-state index contributed by atoms with van der Waals surface area (Å²) < 4.78 is 0. The molecule has 1 rings (SSSR count). The molecule has 0 radical (unpaired) electrons. The van der Waals surface area contributed by atoms with Crippen molar-refractivity contribution in [3.63, 3.8) is 0 Å². The Bertz CT molecular complexity index is 223. The summed E-state index contributed by atoms with van der Waals surface area (Å²) >= 11 is 5.59. The van der Waals surface area contributed by atoms with Crippen LogP contribution in [0.25, 0.3) is 0 Å². The van der Waals surface area contributed by atoms with E-state index in [0.29, 0.717) is 0 Å². The lowest BCUT2D eigenvalue weighted by Crippen LogP contribution is -2.14. The molecule has 0 amide bonds. The Morgan fingerprint density at radius 1 is 1.00 bits per heavy atom. The lowest BCUT2D eigenvalue weighted by atomic mass is 10.2. The van der Waals surface area contributed by atoms with E-state index in [1.54, 1.807) is 0 Å². The Kier molecular flexibility index (Phi) is 6.46. The third-order valence-corrected chi connectivity index (χ3v) is 2.43. The lowest BCUT2D eigenvalue weighted by molar-refractivity contribution is 0.618. The smallest absolute Gasteiger partial charge is 0.0223 e. The number of rotatable bonds is 7. The van der Waals surface area contributed by atoms with Gasteiger partial charge in [-0.1, -0.05) is 36.8 Å². The molecule has 0 unspecified atom stereocenters. The van der Waals surface area contributed by atoms with E-state index in [4.69, 9.17) is 11.6 Å². The molecule has 0 bridgehead atoms. The van der Waals surface area contributed by atoms with E-state index in [1.807, 2.05) is 6.07 Å². The molecular weight excluding hydrogens is 194 g/mol. The maximum atomic E-state index is 5.59. The quantitative estimate of drug-likeness (QED) is 0.540. The minimum Gasteiger partial charge on any atom is -0.313 e. The first-order valence-corrected chi connectivity index (χ1v) is 5.77. The lowest BCUT2D eigenvalue weighted by Gasteiger charge is -2.03. The molecule has 14 heavy (non-hydrogen) atoms. The monoisotopic (exact) mass is 211 g/mol. The predicted octanol–water partition coefficient (Wildman–Crippen LogP) is 3.19. The molecule has 0 aliphatic heterocycles. The van der Waals surface area contributed by atoms with Gasteiger partial charge in [0.15, 0.2) is 0 Å². The maximum Gasteiger partial charge on any atom is 0.0223 e. The molecular formula is C12H18ClN. The van der Waals surface area contributed by atoms with Gasteiger partial charge in [-0.05, 0) is 24.9 Å². The zero-order valence-electron chi connectivity index (χ0n) is 8.51. The molecule has 0 spiro atoms. The van der Waals surface area contributed by atoms with Crippen molar-refractivity contribution in [2.75, 3.05) is 12.4 Å². The summed E-state index contributed by atoms with van der Waals surface area (Å²) in [5.41, 5.74) is 1.35. The van der Waals surface area contributed by atoms with Gasteiger partial charge >= 0.3 is 0 Å². The molecule has 1 nitrogen and oxygen atoms in total. The highest BCUT2D eigenvalue weighted by molar-refractivity contribution is 6.17. The fraction of sp³-hybridized carbons (Fsp3) is 0.500. The van der Waals surface area contributed by atoms with Crippen molar-refractivity contribution in [3.8, 4) is 0 Å². The van der Waals surface area contributed by atoms with Crippen LogP contribution in [0, 0.1) is 0 Å². The first-order chi connectivity index (χ1) is 6.93. The number of halogens is 1. The summed E-state index contributed by atoms with van der Waals surface area (Å²) in [6.07, 6.45) is 3.58. The Balaban J connectivity index is 1.99. The van der Waals surface area contributed by atoms with E-state index >= 15 is 0 Å². The summed E-state index contributed by atoms with van der Waals surface area (Å²) in [6, 6.07) is 10.5. The zero-order valence-corrected chi connectivity index (χ0v) is 9.26. The molecule has 0 saturated heterocycles. The second-order valence-corrected chi connectivity index (χ2v) is 3.79. The Morgan fingerprint density at radius 3 is 2.50 bits per heavy atom. The Hall–Kier alpha value is -0.530. The first-order valence-electron chi connectivity index (χ1n) is 5.24. The van der Waals surface area contributed by atoms with Crippen LogP contribution < -0.4 is 5.32 Å². The third kappa shape index (κ3) is 5.25. The summed E-state index contributed by atoms with van der Waals surface area (Å²) in [5.74, 6) is 0.790. The highest BCUT2D eigenvalue weighted by atomic mass is 35.5. The molecule has 2 heteroatoms. The minimum absolute atomic E-state index is 0.790. The van der Waals surface area contributed by atoms with Gasteiger partial charge in [0.25, 0.3) is 0 Å². The van der Waals surface area contributed by atoms with Gasteiger partial charge in [0, 0.05) is 12.4 Å². The van der Waals surface area contributed by atoms with Crippen LogP contribution in [0.4, 0.5) is 0 Å². The van der Waals surface area contributed by atoms with Gasteiger partial charge < -0.3 is 5.32 Å². The van der Waals surface area contributed by atoms with Crippen molar-refractivity contribution in [1.29, 1.82) is 0 Å². The van der Waals surface area contributed by atoms with Crippen LogP contribution in [-0.4, -0.2) is 12.4 Å². The number of hydrogen-bond acceptors (Lipinski definition) is 1. The van der Waals surface area contributed by atoms with Crippen LogP contribution >= 0.6 is 11.6 Å². The van der Waals surface area contributed by atoms with E-state index in [0.717, 1.165) is 25.4 Å². The molecule has 0 heterocycles. The van der Waals surface area contributed by atoms with Crippen LogP contribution in [0.5, 0.6) is 0 Å². The standard InChI is InChI=1S/C12H18ClN/c13-9-5-2-6-10-14-11-12-7-3-1-4-8-12/h1,3-4,7-8,14H,2,5-6,9-11H2. The molecule has 1 aromatic carbocycles. The second-order valence-electron chi connectivity index (χ2n) is 3.41. The molecule has 78 valence electrons. The second kappa shape index (κ2) is 7.84. The van der Waals surface area contributed by atoms with Gasteiger partial charge in [-0.25, -0.2) is 0 Å². The summed E-state index contributed by atoms with van der Waals surface area (Å²) in [5, 5.41) is 3.42. The van der Waals surface area contributed by atoms with Crippen molar-refractivity contribution in [2.45, 2.75) is 25.8 Å². The molecule has 0 aromatic heterocycles. The topological polar surface area (TPSA) is 12.0 Å².